The Bertz CT molecular complexity index is 356. The molecule has 2 heterocycles. The fourth-order valence-corrected chi connectivity index (χ4v) is 1.98. The van der Waals surface area contributed by atoms with Gasteiger partial charge in [-0.15, -0.1) is 0 Å². The van der Waals surface area contributed by atoms with Crippen LogP contribution in [0.2, 0.25) is 0 Å². The Labute approximate surface area is 101 Å². The third-order valence-corrected chi connectivity index (χ3v) is 3.25. The SMILES string of the molecule is CC1CCN(C(=O)NC(C)c2ncn[nH]2)CC1. The van der Waals surface area contributed by atoms with Crippen LogP contribution >= 0.6 is 0 Å². The molecule has 0 bridgehead atoms. The Morgan fingerprint density at radius 1 is 1.59 bits per heavy atom. The fraction of sp³-hybridized carbons (Fsp3) is 0.727. The molecule has 0 aromatic carbocycles. The van der Waals surface area contributed by atoms with Gasteiger partial charge >= 0.3 is 6.03 Å². The molecule has 0 aliphatic carbocycles. The van der Waals surface area contributed by atoms with E-state index < -0.39 is 0 Å². The molecule has 17 heavy (non-hydrogen) atoms. The van der Waals surface area contributed by atoms with Crippen molar-refractivity contribution in [2.45, 2.75) is 32.7 Å². The topological polar surface area (TPSA) is 73.9 Å². The second kappa shape index (κ2) is 5.16. The van der Waals surface area contributed by atoms with E-state index in [4.69, 9.17) is 0 Å². The van der Waals surface area contributed by atoms with E-state index in [2.05, 4.69) is 27.4 Å². The normalized spacial score (nSPS) is 19.1. The van der Waals surface area contributed by atoms with Gasteiger partial charge in [0, 0.05) is 13.1 Å². The fourth-order valence-electron chi connectivity index (χ4n) is 1.98. The maximum absolute atomic E-state index is 12.0. The van der Waals surface area contributed by atoms with Crippen molar-refractivity contribution in [1.82, 2.24) is 25.4 Å². The van der Waals surface area contributed by atoms with E-state index in [9.17, 15) is 4.79 Å². The number of nitrogens with zero attached hydrogens (tertiary/aromatic N) is 3. The first-order valence-corrected chi connectivity index (χ1v) is 6.07. The van der Waals surface area contributed by atoms with Gasteiger partial charge in [0.05, 0.1) is 6.04 Å². The number of amides is 2. The Hall–Kier alpha value is -1.59. The summed E-state index contributed by atoms with van der Waals surface area (Å²) in [5.41, 5.74) is 0. The maximum Gasteiger partial charge on any atom is 0.317 e. The van der Waals surface area contributed by atoms with Crippen molar-refractivity contribution in [3.63, 3.8) is 0 Å². The molecule has 94 valence electrons. The molecule has 6 heteroatoms. The summed E-state index contributed by atoms with van der Waals surface area (Å²) in [6.07, 6.45) is 3.62. The van der Waals surface area contributed by atoms with Crippen LogP contribution in [0.4, 0.5) is 4.79 Å². The van der Waals surface area contributed by atoms with E-state index in [-0.39, 0.29) is 12.1 Å². The first-order chi connectivity index (χ1) is 8.16. The van der Waals surface area contributed by atoms with E-state index in [1.807, 2.05) is 11.8 Å². The van der Waals surface area contributed by atoms with Crippen LogP contribution in [0.15, 0.2) is 6.33 Å². The molecule has 1 fully saturated rings. The number of carbonyl (C=O) groups is 1. The Balaban J connectivity index is 1.85. The zero-order chi connectivity index (χ0) is 12.3. The molecule has 1 aromatic heterocycles. The summed E-state index contributed by atoms with van der Waals surface area (Å²) in [5, 5.41) is 9.45. The predicted octanol–water partition coefficient (Wildman–Crippen LogP) is 1.31. The van der Waals surface area contributed by atoms with E-state index in [1.54, 1.807) is 0 Å². The van der Waals surface area contributed by atoms with Crippen LogP contribution in [-0.2, 0) is 0 Å². The van der Waals surface area contributed by atoms with Gasteiger partial charge in [0.1, 0.15) is 12.2 Å². The second-order valence-electron chi connectivity index (χ2n) is 4.71. The average molecular weight is 237 g/mol. The highest BCUT2D eigenvalue weighted by Crippen LogP contribution is 2.16. The predicted molar refractivity (Wildman–Crippen MR) is 63.3 cm³/mol. The lowest BCUT2D eigenvalue weighted by molar-refractivity contribution is 0.171. The highest BCUT2D eigenvalue weighted by Gasteiger charge is 2.22. The van der Waals surface area contributed by atoms with Crippen molar-refractivity contribution in [2.75, 3.05) is 13.1 Å². The minimum atomic E-state index is -0.135. The molecule has 1 aliphatic rings. The molecule has 0 radical (unpaired) electrons. The van der Waals surface area contributed by atoms with Crippen molar-refractivity contribution in [1.29, 1.82) is 0 Å². The largest absolute Gasteiger partial charge is 0.328 e. The highest BCUT2D eigenvalue weighted by molar-refractivity contribution is 5.74. The first kappa shape index (κ1) is 11.9. The number of urea groups is 1. The van der Waals surface area contributed by atoms with Crippen LogP contribution in [0.25, 0.3) is 0 Å². The summed E-state index contributed by atoms with van der Waals surface area (Å²) in [7, 11) is 0. The molecule has 1 atom stereocenters. The molecular formula is C11H19N5O. The summed E-state index contributed by atoms with van der Waals surface area (Å²) in [6.45, 7) is 5.81. The zero-order valence-corrected chi connectivity index (χ0v) is 10.3. The number of likely N-dealkylation sites (tertiary alicyclic amines) is 1. The molecule has 2 amide bonds. The Kier molecular flexibility index (Phi) is 3.61. The Morgan fingerprint density at radius 3 is 2.88 bits per heavy atom. The summed E-state index contributed by atoms with van der Waals surface area (Å²) in [6, 6.07) is -0.148. The third-order valence-electron chi connectivity index (χ3n) is 3.25. The van der Waals surface area contributed by atoms with Crippen LogP contribution in [0.1, 0.15) is 38.6 Å². The van der Waals surface area contributed by atoms with Crippen molar-refractivity contribution in [2.24, 2.45) is 5.92 Å². The number of H-pyrrole nitrogens is 1. The number of piperidine rings is 1. The van der Waals surface area contributed by atoms with Gasteiger partial charge in [0.25, 0.3) is 0 Å². The van der Waals surface area contributed by atoms with E-state index in [1.165, 1.54) is 6.33 Å². The second-order valence-corrected chi connectivity index (χ2v) is 4.71. The van der Waals surface area contributed by atoms with Crippen LogP contribution in [0.3, 0.4) is 0 Å². The summed E-state index contributed by atoms with van der Waals surface area (Å²) in [4.78, 5) is 17.9. The minimum Gasteiger partial charge on any atom is -0.328 e. The van der Waals surface area contributed by atoms with Crippen molar-refractivity contribution < 1.29 is 4.79 Å². The van der Waals surface area contributed by atoms with Gasteiger partial charge in [0.2, 0.25) is 0 Å². The quantitative estimate of drug-likeness (QED) is 0.814. The lowest BCUT2D eigenvalue weighted by Crippen LogP contribution is -2.45. The molecular weight excluding hydrogens is 218 g/mol. The standard InChI is InChI=1S/C11H19N5O/c1-8-3-5-16(6-4-8)11(17)14-9(2)10-12-7-13-15-10/h7-9H,3-6H2,1-2H3,(H,14,17)(H,12,13,15). The van der Waals surface area contributed by atoms with Crippen LogP contribution in [-0.4, -0.2) is 39.2 Å². The number of hydrogen-bond donors (Lipinski definition) is 2. The van der Waals surface area contributed by atoms with E-state index in [0.717, 1.165) is 31.8 Å². The van der Waals surface area contributed by atoms with Gasteiger partial charge in [-0.25, -0.2) is 9.78 Å². The number of nitrogens with one attached hydrogen (secondary N) is 2. The molecule has 0 saturated carbocycles. The van der Waals surface area contributed by atoms with Gasteiger partial charge in [-0.05, 0) is 25.7 Å². The van der Waals surface area contributed by atoms with Gasteiger partial charge in [-0.1, -0.05) is 6.92 Å². The third kappa shape index (κ3) is 2.95. The van der Waals surface area contributed by atoms with Gasteiger partial charge in [-0.2, -0.15) is 5.10 Å². The number of aromatic amines is 1. The minimum absolute atomic E-state index is 0.0131. The highest BCUT2D eigenvalue weighted by atomic mass is 16.2. The average Bonchev–Trinajstić information content (AvgIpc) is 2.83. The van der Waals surface area contributed by atoms with Crippen molar-refractivity contribution >= 4 is 6.03 Å². The summed E-state index contributed by atoms with van der Waals surface area (Å²) in [5.74, 6) is 1.41. The molecule has 0 spiro atoms. The number of hydrogen-bond acceptors (Lipinski definition) is 3. The molecule has 1 aromatic rings. The van der Waals surface area contributed by atoms with Crippen LogP contribution in [0, 0.1) is 5.92 Å². The van der Waals surface area contributed by atoms with Crippen molar-refractivity contribution in [3.05, 3.63) is 12.2 Å². The number of rotatable bonds is 2. The molecule has 2 rings (SSSR count). The smallest absolute Gasteiger partial charge is 0.317 e. The molecule has 1 unspecified atom stereocenters. The van der Waals surface area contributed by atoms with Crippen LogP contribution < -0.4 is 5.32 Å². The van der Waals surface area contributed by atoms with E-state index >= 15 is 0 Å². The summed E-state index contributed by atoms with van der Waals surface area (Å²) < 4.78 is 0. The molecule has 1 saturated heterocycles. The van der Waals surface area contributed by atoms with Crippen molar-refractivity contribution in [3.8, 4) is 0 Å². The van der Waals surface area contributed by atoms with Gasteiger partial charge < -0.3 is 10.2 Å². The zero-order valence-electron chi connectivity index (χ0n) is 10.3. The molecule has 2 N–H and O–H groups in total. The lowest BCUT2D eigenvalue weighted by Gasteiger charge is -2.31. The van der Waals surface area contributed by atoms with E-state index in [0.29, 0.717) is 5.82 Å². The number of carbonyl (C=O) groups excluding carboxylic acids is 1. The Morgan fingerprint density at radius 2 is 2.29 bits per heavy atom. The monoisotopic (exact) mass is 237 g/mol. The molecule has 1 aliphatic heterocycles. The molecule has 6 nitrogen and oxygen atoms in total. The first-order valence-electron chi connectivity index (χ1n) is 6.07. The van der Waals surface area contributed by atoms with Gasteiger partial charge in [0.15, 0.2) is 0 Å². The summed E-state index contributed by atoms with van der Waals surface area (Å²) >= 11 is 0. The number of aromatic nitrogens is 3. The maximum atomic E-state index is 12.0. The lowest BCUT2D eigenvalue weighted by atomic mass is 10.00. The van der Waals surface area contributed by atoms with Crippen LogP contribution in [0.5, 0.6) is 0 Å². The van der Waals surface area contributed by atoms with Gasteiger partial charge in [-0.3, -0.25) is 5.10 Å².